The van der Waals surface area contributed by atoms with Crippen molar-refractivity contribution in [2.24, 2.45) is 17.3 Å². The fourth-order valence-corrected chi connectivity index (χ4v) is 3.81. The highest BCUT2D eigenvalue weighted by atomic mass is 15.1. The van der Waals surface area contributed by atoms with E-state index in [9.17, 15) is 0 Å². The molecule has 0 bridgehead atoms. The van der Waals surface area contributed by atoms with Crippen molar-refractivity contribution in [1.82, 2.24) is 10.2 Å². The van der Waals surface area contributed by atoms with Crippen molar-refractivity contribution in [3.63, 3.8) is 0 Å². The summed E-state index contributed by atoms with van der Waals surface area (Å²) in [5.74, 6) is 1.69. The lowest BCUT2D eigenvalue weighted by Crippen LogP contribution is -2.48. The van der Waals surface area contributed by atoms with E-state index in [-0.39, 0.29) is 0 Å². The molecular weight excluding hydrogens is 244 g/mol. The van der Waals surface area contributed by atoms with Crippen LogP contribution in [0.5, 0.6) is 0 Å². The van der Waals surface area contributed by atoms with Gasteiger partial charge in [0.05, 0.1) is 0 Å². The largest absolute Gasteiger partial charge is 0.317 e. The van der Waals surface area contributed by atoms with Gasteiger partial charge in [0.1, 0.15) is 0 Å². The first kappa shape index (κ1) is 18.0. The summed E-state index contributed by atoms with van der Waals surface area (Å²) in [6, 6.07) is 1.43. The van der Waals surface area contributed by atoms with E-state index in [4.69, 9.17) is 0 Å². The second kappa shape index (κ2) is 7.79. The van der Waals surface area contributed by atoms with Crippen LogP contribution in [0.25, 0.3) is 0 Å². The third-order valence-corrected chi connectivity index (χ3v) is 5.67. The van der Waals surface area contributed by atoms with Gasteiger partial charge in [-0.05, 0) is 63.5 Å². The molecule has 120 valence electrons. The molecular formula is C18H38N2. The molecule has 0 radical (unpaired) electrons. The molecule has 20 heavy (non-hydrogen) atoms. The topological polar surface area (TPSA) is 15.3 Å². The molecule has 0 amide bonds. The number of nitrogens with zero attached hydrogens (tertiary/aromatic N) is 1. The Kier molecular flexibility index (Phi) is 7.00. The molecule has 1 saturated carbocycles. The van der Waals surface area contributed by atoms with Crippen molar-refractivity contribution in [1.29, 1.82) is 0 Å². The van der Waals surface area contributed by atoms with Crippen molar-refractivity contribution >= 4 is 0 Å². The summed E-state index contributed by atoms with van der Waals surface area (Å²) in [6.07, 6.45) is 5.39. The van der Waals surface area contributed by atoms with E-state index in [1.165, 1.54) is 38.8 Å². The zero-order valence-electron chi connectivity index (χ0n) is 15.0. The highest BCUT2D eigenvalue weighted by Crippen LogP contribution is 2.40. The molecule has 1 aliphatic carbocycles. The highest BCUT2D eigenvalue weighted by molar-refractivity contribution is 4.90. The van der Waals surface area contributed by atoms with Crippen LogP contribution in [0.2, 0.25) is 0 Å². The minimum atomic E-state index is 0.463. The van der Waals surface area contributed by atoms with E-state index in [0.29, 0.717) is 17.5 Å². The van der Waals surface area contributed by atoms with Gasteiger partial charge < -0.3 is 10.2 Å². The molecule has 0 saturated heterocycles. The van der Waals surface area contributed by atoms with Gasteiger partial charge in [-0.2, -0.15) is 0 Å². The molecule has 0 heterocycles. The van der Waals surface area contributed by atoms with Gasteiger partial charge in [0.15, 0.2) is 0 Å². The van der Waals surface area contributed by atoms with Gasteiger partial charge >= 0.3 is 0 Å². The van der Waals surface area contributed by atoms with E-state index in [0.717, 1.165) is 11.8 Å². The van der Waals surface area contributed by atoms with Crippen LogP contribution in [0.1, 0.15) is 67.2 Å². The predicted molar refractivity (Wildman–Crippen MR) is 90.1 cm³/mol. The summed E-state index contributed by atoms with van der Waals surface area (Å²) in [6.45, 7) is 16.7. The minimum absolute atomic E-state index is 0.463. The summed E-state index contributed by atoms with van der Waals surface area (Å²) in [7, 11) is 2.15. The Morgan fingerprint density at radius 2 is 1.85 bits per heavy atom. The summed E-state index contributed by atoms with van der Waals surface area (Å²) in [5, 5.41) is 3.59. The molecule has 4 atom stereocenters. The maximum absolute atomic E-state index is 3.59. The molecule has 1 rings (SSSR count). The van der Waals surface area contributed by atoms with E-state index in [1.54, 1.807) is 0 Å². The van der Waals surface area contributed by atoms with Gasteiger partial charge in [-0.15, -0.1) is 0 Å². The Morgan fingerprint density at radius 3 is 2.30 bits per heavy atom. The van der Waals surface area contributed by atoms with Crippen LogP contribution in [0.15, 0.2) is 0 Å². The van der Waals surface area contributed by atoms with Crippen molar-refractivity contribution in [2.75, 3.05) is 20.1 Å². The van der Waals surface area contributed by atoms with E-state index >= 15 is 0 Å². The number of nitrogens with one attached hydrogen (secondary N) is 1. The Balaban J connectivity index is 2.71. The van der Waals surface area contributed by atoms with E-state index in [2.05, 4.69) is 58.8 Å². The number of rotatable bonds is 6. The molecule has 1 aliphatic rings. The molecule has 0 aliphatic heterocycles. The molecule has 0 aromatic carbocycles. The van der Waals surface area contributed by atoms with Crippen molar-refractivity contribution in [2.45, 2.75) is 79.3 Å². The van der Waals surface area contributed by atoms with Gasteiger partial charge in [0, 0.05) is 18.6 Å². The van der Waals surface area contributed by atoms with Crippen LogP contribution in [-0.2, 0) is 0 Å². The smallest absolute Gasteiger partial charge is 0.0105 e. The maximum Gasteiger partial charge on any atom is 0.0105 e. The van der Waals surface area contributed by atoms with Gasteiger partial charge in [0.25, 0.3) is 0 Å². The summed E-state index contributed by atoms with van der Waals surface area (Å²) in [4.78, 5) is 2.68. The monoisotopic (exact) mass is 282 g/mol. The second-order valence-corrected chi connectivity index (χ2v) is 7.88. The molecule has 0 aromatic heterocycles. The Morgan fingerprint density at radius 1 is 1.20 bits per heavy atom. The Labute approximate surface area is 127 Å². The quantitative estimate of drug-likeness (QED) is 0.787. The van der Waals surface area contributed by atoms with E-state index in [1.807, 2.05) is 0 Å². The normalized spacial score (nSPS) is 29.7. The summed E-state index contributed by atoms with van der Waals surface area (Å²) >= 11 is 0. The van der Waals surface area contributed by atoms with Gasteiger partial charge in [0.2, 0.25) is 0 Å². The Hall–Kier alpha value is -0.0800. The van der Waals surface area contributed by atoms with E-state index < -0.39 is 0 Å². The first-order chi connectivity index (χ1) is 9.33. The first-order valence-corrected chi connectivity index (χ1v) is 8.74. The first-order valence-electron chi connectivity index (χ1n) is 8.74. The average Bonchev–Trinajstić information content (AvgIpc) is 2.42. The van der Waals surface area contributed by atoms with Crippen LogP contribution >= 0.6 is 0 Å². The predicted octanol–water partition coefficient (Wildman–Crippen LogP) is 4.16. The van der Waals surface area contributed by atoms with Gasteiger partial charge in [-0.3, -0.25) is 0 Å². The number of hydrogen-bond donors (Lipinski definition) is 1. The minimum Gasteiger partial charge on any atom is -0.317 e. The van der Waals surface area contributed by atoms with Crippen LogP contribution in [0.3, 0.4) is 0 Å². The molecule has 2 heteroatoms. The molecule has 1 fully saturated rings. The average molecular weight is 283 g/mol. The third-order valence-electron chi connectivity index (χ3n) is 5.67. The van der Waals surface area contributed by atoms with Gasteiger partial charge in [-0.1, -0.05) is 34.6 Å². The highest BCUT2D eigenvalue weighted by Gasteiger charge is 2.36. The molecule has 0 aromatic rings. The molecule has 2 nitrogen and oxygen atoms in total. The fraction of sp³-hybridized carbons (Fsp3) is 1.00. The summed E-state index contributed by atoms with van der Waals surface area (Å²) < 4.78 is 0. The number of hydrogen-bond acceptors (Lipinski definition) is 2. The molecule has 4 unspecified atom stereocenters. The van der Waals surface area contributed by atoms with Crippen LogP contribution < -0.4 is 5.32 Å². The van der Waals surface area contributed by atoms with Crippen molar-refractivity contribution in [3.8, 4) is 0 Å². The molecule has 1 N–H and O–H groups in total. The van der Waals surface area contributed by atoms with Gasteiger partial charge in [-0.25, -0.2) is 0 Å². The van der Waals surface area contributed by atoms with Crippen molar-refractivity contribution < 1.29 is 0 Å². The lowest BCUT2D eigenvalue weighted by Gasteiger charge is -2.44. The standard InChI is InChI=1S/C18H38N2/c1-8-14(3)20(9-2)13-15-12-16(18(4,5)6)10-11-17(15)19-7/h14-17,19H,8-13H2,1-7H3. The zero-order chi connectivity index (χ0) is 15.3. The summed E-state index contributed by atoms with van der Waals surface area (Å²) in [5.41, 5.74) is 0.463. The lowest BCUT2D eigenvalue weighted by molar-refractivity contribution is 0.0790. The second-order valence-electron chi connectivity index (χ2n) is 7.88. The van der Waals surface area contributed by atoms with Crippen LogP contribution in [0, 0.1) is 17.3 Å². The molecule has 0 spiro atoms. The Bertz CT molecular complexity index is 269. The fourth-order valence-electron chi connectivity index (χ4n) is 3.81. The third kappa shape index (κ3) is 4.73. The zero-order valence-corrected chi connectivity index (χ0v) is 15.0. The van der Waals surface area contributed by atoms with Crippen LogP contribution in [-0.4, -0.2) is 37.1 Å². The SMILES string of the molecule is CCC(C)N(CC)CC1CC(C(C)(C)C)CCC1NC. The van der Waals surface area contributed by atoms with Crippen LogP contribution in [0.4, 0.5) is 0 Å². The van der Waals surface area contributed by atoms with Crippen molar-refractivity contribution in [3.05, 3.63) is 0 Å². The maximum atomic E-state index is 3.59. The lowest BCUT2D eigenvalue weighted by atomic mass is 9.67.